The summed E-state index contributed by atoms with van der Waals surface area (Å²) in [6.07, 6.45) is 90.8. The van der Waals surface area contributed by atoms with Gasteiger partial charge in [-0.05, 0) is 148 Å². The number of allylic oxidation sites excluding steroid dienone is 12. The molecule has 5 nitrogen and oxygen atoms in total. The van der Waals surface area contributed by atoms with Crippen molar-refractivity contribution in [3.05, 3.63) is 72.9 Å². The Bertz CT molecular complexity index is 1320. The lowest BCUT2D eigenvalue weighted by Crippen LogP contribution is -2.50. The van der Waals surface area contributed by atoms with Crippen molar-refractivity contribution < 1.29 is 0 Å². The van der Waals surface area contributed by atoms with Crippen molar-refractivity contribution in [3.63, 3.8) is 0 Å². The maximum Gasteiger partial charge on any atom is 0.0110 e. The van der Waals surface area contributed by atoms with Crippen LogP contribution in [0.15, 0.2) is 72.9 Å². The summed E-state index contributed by atoms with van der Waals surface area (Å²) < 4.78 is 0. The van der Waals surface area contributed by atoms with Crippen LogP contribution in [0.1, 0.15) is 323 Å². The van der Waals surface area contributed by atoms with Crippen molar-refractivity contribution in [1.82, 2.24) is 24.9 Å². The van der Waals surface area contributed by atoms with Crippen molar-refractivity contribution in [1.29, 1.82) is 0 Å². The Balaban J connectivity index is 2.65. The van der Waals surface area contributed by atoms with E-state index < -0.39 is 0 Å². The number of unbranched alkanes of at least 4 members (excludes halogenated alkanes) is 36. The normalized spacial score (nSPS) is 14.1. The molecular weight excluding hydrogens is 983 g/mol. The first kappa shape index (κ1) is 77.3. The fraction of sp³-hybridized carbons (Fsp3) is 0.842. The molecule has 5 heteroatoms. The Labute approximate surface area is 510 Å². The molecule has 0 bridgehead atoms. The maximum atomic E-state index is 3.79. The molecule has 1 fully saturated rings. The van der Waals surface area contributed by atoms with Crippen molar-refractivity contribution >= 4 is 0 Å². The van der Waals surface area contributed by atoms with Gasteiger partial charge in [-0.1, -0.05) is 274 Å². The number of nitrogens with zero attached hydrogens (tertiary/aromatic N) is 4. The summed E-state index contributed by atoms with van der Waals surface area (Å²) in [4.78, 5) is 11.3. The van der Waals surface area contributed by atoms with E-state index >= 15 is 0 Å². The van der Waals surface area contributed by atoms with Gasteiger partial charge < -0.3 is 15.1 Å². The van der Waals surface area contributed by atoms with Crippen LogP contribution in [0.4, 0.5) is 0 Å². The third-order valence-electron chi connectivity index (χ3n) is 17.3. The Morgan fingerprint density at radius 2 is 0.506 bits per heavy atom. The highest BCUT2D eigenvalue weighted by Crippen LogP contribution is 2.15. The second-order valence-electron chi connectivity index (χ2n) is 25.1. The second kappa shape index (κ2) is 67.4. The van der Waals surface area contributed by atoms with Gasteiger partial charge in [0.2, 0.25) is 0 Å². The quantitative estimate of drug-likeness (QED) is 0.0483. The maximum absolute atomic E-state index is 3.79. The molecule has 1 saturated heterocycles. The molecular formula is C76H145N5. The van der Waals surface area contributed by atoms with Crippen molar-refractivity contribution in [2.75, 3.05) is 91.6 Å². The third kappa shape index (κ3) is 59.8. The first-order valence-corrected chi connectivity index (χ1v) is 36.7. The molecule has 474 valence electrons. The SMILES string of the molecule is CCCCC/C=C\C/C=C\CCCCCCCCN(CCCCCCCC/C=C\C/C=C\CCCCC)CCN(CCCCCCCC/C=C\C/C=C\CCCCC)CCN1CCN(CCNCCCCCCCCCCCC)CC1. The van der Waals surface area contributed by atoms with Crippen LogP contribution in [-0.4, -0.2) is 111 Å². The van der Waals surface area contributed by atoms with E-state index in [2.05, 4.69) is 126 Å². The van der Waals surface area contributed by atoms with Gasteiger partial charge in [0.15, 0.2) is 0 Å². The lowest BCUT2D eigenvalue weighted by molar-refractivity contribution is 0.114. The number of piperazine rings is 1. The lowest BCUT2D eigenvalue weighted by atomic mass is 10.1. The van der Waals surface area contributed by atoms with Crippen LogP contribution in [0.2, 0.25) is 0 Å². The van der Waals surface area contributed by atoms with E-state index in [1.54, 1.807) is 0 Å². The molecule has 0 saturated carbocycles. The first-order chi connectivity index (χ1) is 40.2. The Morgan fingerprint density at radius 3 is 0.852 bits per heavy atom. The minimum Gasteiger partial charge on any atom is -0.315 e. The lowest BCUT2D eigenvalue weighted by Gasteiger charge is -2.36. The number of hydrogen-bond acceptors (Lipinski definition) is 5. The van der Waals surface area contributed by atoms with Crippen molar-refractivity contribution in [3.8, 4) is 0 Å². The summed E-state index contributed by atoms with van der Waals surface area (Å²) in [5, 5.41) is 3.79. The molecule has 0 amide bonds. The number of nitrogens with one attached hydrogen (secondary N) is 1. The Morgan fingerprint density at radius 1 is 0.247 bits per heavy atom. The zero-order valence-corrected chi connectivity index (χ0v) is 55.6. The Hall–Kier alpha value is -1.76. The molecule has 0 aromatic heterocycles. The molecule has 81 heavy (non-hydrogen) atoms. The van der Waals surface area contributed by atoms with Gasteiger partial charge in [-0.15, -0.1) is 0 Å². The second-order valence-corrected chi connectivity index (χ2v) is 25.1. The molecule has 0 atom stereocenters. The van der Waals surface area contributed by atoms with E-state index in [4.69, 9.17) is 0 Å². The van der Waals surface area contributed by atoms with Gasteiger partial charge in [-0.25, -0.2) is 0 Å². The molecule has 0 aliphatic carbocycles. The van der Waals surface area contributed by atoms with Crippen molar-refractivity contribution in [2.24, 2.45) is 0 Å². The largest absolute Gasteiger partial charge is 0.315 e. The molecule has 1 heterocycles. The van der Waals surface area contributed by atoms with Crippen LogP contribution in [0.25, 0.3) is 0 Å². The zero-order chi connectivity index (χ0) is 57.9. The van der Waals surface area contributed by atoms with Gasteiger partial charge >= 0.3 is 0 Å². The molecule has 1 aliphatic rings. The summed E-state index contributed by atoms with van der Waals surface area (Å²) in [7, 11) is 0. The minimum absolute atomic E-state index is 1.11. The fourth-order valence-corrected chi connectivity index (χ4v) is 11.5. The fourth-order valence-electron chi connectivity index (χ4n) is 11.5. The predicted octanol–water partition coefficient (Wildman–Crippen LogP) is 22.2. The summed E-state index contributed by atoms with van der Waals surface area (Å²) in [5.41, 5.74) is 0. The van der Waals surface area contributed by atoms with Crippen LogP contribution >= 0.6 is 0 Å². The van der Waals surface area contributed by atoms with Gasteiger partial charge in [-0.2, -0.15) is 0 Å². The highest BCUT2D eigenvalue weighted by Gasteiger charge is 2.18. The van der Waals surface area contributed by atoms with Gasteiger partial charge in [0.1, 0.15) is 0 Å². The highest BCUT2D eigenvalue weighted by molar-refractivity contribution is 4.94. The molecule has 0 aromatic rings. The monoisotopic (exact) mass is 1130 g/mol. The Kier molecular flexibility index (Phi) is 64.3. The summed E-state index contributed by atoms with van der Waals surface area (Å²) in [6.45, 7) is 26.6. The molecule has 1 aliphatic heterocycles. The topological polar surface area (TPSA) is 25.0 Å². The standard InChI is InChI=1S/C76H145N5/c1-5-9-13-17-21-25-29-32-35-38-41-44-48-52-56-60-65-78(66-61-57-53-49-45-42-39-36-33-30-26-22-18-14-10-6-2)69-70-79(67-62-58-54-50-46-43-40-37-34-31-27-23-19-15-11-7-3)71-74-81-75-72-80(73-76-81)68-64-77-63-59-55-51-47-28-24-20-16-12-8-4/h21-23,25-27,32-37,77H,5-20,24,28-31,38-76H2,1-4H3/b25-21-,26-22-,27-23-,35-32-,36-33-,37-34-. The summed E-state index contributed by atoms with van der Waals surface area (Å²) >= 11 is 0. The molecule has 0 spiro atoms. The average Bonchev–Trinajstić information content (AvgIpc) is 3.48. The molecule has 0 unspecified atom stereocenters. The molecule has 0 aromatic carbocycles. The van der Waals surface area contributed by atoms with E-state index in [0.29, 0.717) is 0 Å². The van der Waals surface area contributed by atoms with E-state index in [1.165, 1.54) is 361 Å². The predicted molar refractivity (Wildman–Crippen MR) is 369 cm³/mol. The van der Waals surface area contributed by atoms with Crippen LogP contribution in [0, 0.1) is 0 Å². The van der Waals surface area contributed by atoms with Crippen LogP contribution in [0.3, 0.4) is 0 Å². The van der Waals surface area contributed by atoms with Gasteiger partial charge in [-0.3, -0.25) is 9.80 Å². The van der Waals surface area contributed by atoms with E-state index in [9.17, 15) is 0 Å². The first-order valence-electron chi connectivity index (χ1n) is 36.7. The smallest absolute Gasteiger partial charge is 0.0110 e. The van der Waals surface area contributed by atoms with Gasteiger partial charge in [0.05, 0.1) is 0 Å². The van der Waals surface area contributed by atoms with Crippen LogP contribution in [-0.2, 0) is 0 Å². The third-order valence-corrected chi connectivity index (χ3v) is 17.3. The molecule has 1 rings (SSSR count). The zero-order valence-electron chi connectivity index (χ0n) is 55.6. The number of rotatable bonds is 65. The molecule has 1 N–H and O–H groups in total. The summed E-state index contributed by atoms with van der Waals surface area (Å²) in [5.74, 6) is 0. The van der Waals surface area contributed by atoms with E-state index in [1.807, 2.05) is 0 Å². The van der Waals surface area contributed by atoms with Crippen LogP contribution in [0.5, 0.6) is 0 Å². The van der Waals surface area contributed by atoms with E-state index in [-0.39, 0.29) is 0 Å². The van der Waals surface area contributed by atoms with Gasteiger partial charge in [0.25, 0.3) is 0 Å². The minimum atomic E-state index is 1.11. The highest BCUT2D eigenvalue weighted by atomic mass is 15.3. The number of hydrogen-bond donors (Lipinski definition) is 1. The summed E-state index contributed by atoms with van der Waals surface area (Å²) in [6, 6.07) is 0. The van der Waals surface area contributed by atoms with Crippen LogP contribution < -0.4 is 5.32 Å². The van der Waals surface area contributed by atoms with E-state index in [0.717, 1.165) is 25.8 Å². The molecule has 0 radical (unpaired) electrons. The van der Waals surface area contributed by atoms with Crippen molar-refractivity contribution in [2.45, 2.75) is 323 Å². The van der Waals surface area contributed by atoms with Gasteiger partial charge in [0, 0.05) is 65.4 Å². The average molecular weight is 1130 g/mol.